The molecule has 0 spiro atoms. The number of pyridine rings is 2. The predicted molar refractivity (Wildman–Crippen MR) is 65.1 cm³/mol. The number of fused-ring (bicyclic) bond motifs is 1. The number of aromatic amines is 1. The van der Waals surface area contributed by atoms with E-state index in [1.165, 1.54) is 0 Å². The van der Waals surface area contributed by atoms with E-state index in [0.717, 1.165) is 16.6 Å². The van der Waals surface area contributed by atoms with E-state index in [1.807, 2.05) is 6.92 Å². The lowest BCUT2D eigenvalue weighted by molar-refractivity contribution is 0.532. The van der Waals surface area contributed by atoms with Gasteiger partial charge in [-0.1, -0.05) is 0 Å². The minimum atomic E-state index is -0.253. The van der Waals surface area contributed by atoms with E-state index in [0.29, 0.717) is 11.5 Å². The van der Waals surface area contributed by atoms with Crippen molar-refractivity contribution in [1.82, 2.24) is 20.2 Å². The van der Waals surface area contributed by atoms with Gasteiger partial charge in [0.05, 0.1) is 5.52 Å². The molecule has 0 saturated carbocycles. The van der Waals surface area contributed by atoms with Gasteiger partial charge in [0.1, 0.15) is 5.56 Å². The van der Waals surface area contributed by atoms with Gasteiger partial charge in [-0.15, -0.1) is 10.2 Å². The molecule has 0 aliphatic carbocycles. The number of aromatic nitrogens is 4. The monoisotopic (exact) mass is 242 g/mol. The highest BCUT2D eigenvalue weighted by atomic mass is 16.4. The van der Waals surface area contributed by atoms with E-state index in [4.69, 9.17) is 4.42 Å². The summed E-state index contributed by atoms with van der Waals surface area (Å²) in [6.45, 7) is 3.56. The average molecular weight is 242 g/mol. The van der Waals surface area contributed by atoms with Gasteiger partial charge >= 0.3 is 0 Å². The Morgan fingerprint density at radius 1 is 1.28 bits per heavy atom. The smallest absolute Gasteiger partial charge is 0.261 e. The lowest BCUT2D eigenvalue weighted by Crippen LogP contribution is -2.09. The maximum atomic E-state index is 12.0. The van der Waals surface area contributed by atoms with Crippen LogP contribution in [-0.2, 0) is 0 Å². The third kappa shape index (κ3) is 1.58. The van der Waals surface area contributed by atoms with Crippen molar-refractivity contribution in [2.75, 3.05) is 0 Å². The van der Waals surface area contributed by atoms with Gasteiger partial charge in [0, 0.05) is 24.2 Å². The Bertz CT molecular complexity index is 788. The molecule has 18 heavy (non-hydrogen) atoms. The summed E-state index contributed by atoms with van der Waals surface area (Å²) in [7, 11) is 0. The van der Waals surface area contributed by atoms with Crippen LogP contribution in [0.25, 0.3) is 22.4 Å². The Morgan fingerprint density at radius 3 is 2.83 bits per heavy atom. The summed E-state index contributed by atoms with van der Waals surface area (Å²) in [6, 6.07) is 3.48. The Kier molecular flexibility index (Phi) is 2.22. The molecule has 0 unspecified atom stereocenters. The Balaban J connectivity index is 2.34. The van der Waals surface area contributed by atoms with Crippen LogP contribution in [0.3, 0.4) is 0 Å². The zero-order valence-corrected chi connectivity index (χ0v) is 9.89. The van der Waals surface area contributed by atoms with E-state index in [-0.39, 0.29) is 11.4 Å². The summed E-state index contributed by atoms with van der Waals surface area (Å²) in [4.78, 5) is 18.9. The highest BCUT2D eigenvalue weighted by molar-refractivity contribution is 5.83. The van der Waals surface area contributed by atoms with Gasteiger partial charge in [-0.05, 0) is 19.1 Å². The van der Waals surface area contributed by atoms with Crippen molar-refractivity contribution in [3.8, 4) is 11.5 Å². The molecule has 90 valence electrons. The minimum absolute atomic E-state index is 0.221. The van der Waals surface area contributed by atoms with E-state index in [2.05, 4.69) is 20.2 Å². The Labute approximate surface area is 102 Å². The molecule has 0 aliphatic rings. The summed E-state index contributed by atoms with van der Waals surface area (Å²) in [5, 5.41) is 8.44. The summed E-state index contributed by atoms with van der Waals surface area (Å²) < 4.78 is 5.28. The Morgan fingerprint density at radius 2 is 2.11 bits per heavy atom. The minimum Gasteiger partial charge on any atom is -0.421 e. The first kappa shape index (κ1) is 10.6. The van der Waals surface area contributed by atoms with Crippen LogP contribution in [0.1, 0.15) is 11.6 Å². The molecule has 0 saturated heterocycles. The molecule has 0 aromatic carbocycles. The van der Waals surface area contributed by atoms with Crippen molar-refractivity contribution in [3.63, 3.8) is 0 Å². The number of nitrogens with zero attached hydrogens (tertiary/aromatic N) is 3. The largest absolute Gasteiger partial charge is 0.421 e. The average Bonchev–Trinajstić information content (AvgIpc) is 2.75. The van der Waals surface area contributed by atoms with Crippen LogP contribution in [0.2, 0.25) is 0 Å². The second-order valence-corrected chi connectivity index (χ2v) is 4.00. The van der Waals surface area contributed by atoms with Gasteiger partial charge in [-0.2, -0.15) is 0 Å². The fourth-order valence-corrected chi connectivity index (χ4v) is 1.83. The normalized spacial score (nSPS) is 11.0. The lowest BCUT2D eigenvalue weighted by Gasteiger charge is -2.02. The standard InChI is InChI=1S/C12H10N4O2/c1-6-8-5-9(12-16-15-7(2)18-12)11(17)14-10(8)3-4-13-6/h3-5H,1-2H3,(H,14,17). The quantitative estimate of drug-likeness (QED) is 0.700. The first-order valence-electron chi connectivity index (χ1n) is 5.44. The number of hydrogen-bond acceptors (Lipinski definition) is 5. The molecule has 0 radical (unpaired) electrons. The highest BCUT2D eigenvalue weighted by Gasteiger charge is 2.12. The van der Waals surface area contributed by atoms with Gasteiger partial charge in [0.25, 0.3) is 11.4 Å². The van der Waals surface area contributed by atoms with Crippen molar-refractivity contribution >= 4 is 10.9 Å². The van der Waals surface area contributed by atoms with Crippen molar-refractivity contribution in [2.24, 2.45) is 0 Å². The molecular weight excluding hydrogens is 232 g/mol. The number of rotatable bonds is 1. The summed E-state index contributed by atoms with van der Waals surface area (Å²) >= 11 is 0. The van der Waals surface area contributed by atoms with Crippen LogP contribution in [0.4, 0.5) is 0 Å². The number of nitrogens with one attached hydrogen (secondary N) is 1. The topological polar surface area (TPSA) is 84.7 Å². The van der Waals surface area contributed by atoms with E-state index in [9.17, 15) is 4.79 Å². The third-order valence-corrected chi connectivity index (χ3v) is 2.73. The van der Waals surface area contributed by atoms with Gasteiger partial charge in [-0.3, -0.25) is 9.78 Å². The van der Waals surface area contributed by atoms with Crippen molar-refractivity contribution in [1.29, 1.82) is 0 Å². The first-order valence-corrected chi connectivity index (χ1v) is 5.44. The van der Waals surface area contributed by atoms with E-state index < -0.39 is 0 Å². The molecule has 3 heterocycles. The molecule has 1 N–H and O–H groups in total. The zero-order valence-electron chi connectivity index (χ0n) is 9.89. The van der Waals surface area contributed by atoms with E-state index >= 15 is 0 Å². The second kappa shape index (κ2) is 3.76. The molecule has 0 bridgehead atoms. The van der Waals surface area contributed by atoms with E-state index in [1.54, 1.807) is 25.3 Å². The third-order valence-electron chi connectivity index (χ3n) is 2.73. The maximum Gasteiger partial charge on any atom is 0.261 e. The maximum absolute atomic E-state index is 12.0. The molecular formula is C12H10N4O2. The van der Waals surface area contributed by atoms with Crippen LogP contribution in [0.15, 0.2) is 27.5 Å². The van der Waals surface area contributed by atoms with Gasteiger partial charge in [-0.25, -0.2) is 0 Å². The fraction of sp³-hybridized carbons (Fsp3) is 0.167. The molecule has 0 amide bonds. The molecule has 3 aromatic rings. The summed E-state index contributed by atoms with van der Waals surface area (Å²) in [5.41, 5.74) is 1.68. The van der Waals surface area contributed by atoms with Gasteiger partial charge in [0.15, 0.2) is 0 Å². The Hall–Kier alpha value is -2.50. The molecule has 6 heteroatoms. The number of hydrogen-bond donors (Lipinski definition) is 1. The van der Waals surface area contributed by atoms with Crippen LogP contribution < -0.4 is 5.56 Å². The predicted octanol–water partition coefficient (Wildman–Crippen LogP) is 1.59. The van der Waals surface area contributed by atoms with Gasteiger partial charge < -0.3 is 9.40 Å². The molecule has 0 atom stereocenters. The van der Waals surface area contributed by atoms with Crippen molar-refractivity contribution < 1.29 is 4.42 Å². The summed E-state index contributed by atoms with van der Waals surface area (Å²) in [5.74, 6) is 0.645. The molecule has 6 nitrogen and oxygen atoms in total. The number of H-pyrrole nitrogens is 1. The first-order chi connectivity index (χ1) is 8.65. The zero-order chi connectivity index (χ0) is 12.7. The second-order valence-electron chi connectivity index (χ2n) is 4.00. The van der Waals surface area contributed by atoms with Crippen molar-refractivity contribution in [3.05, 3.63) is 40.3 Å². The van der Waals surface area contributed by atoms with Crippen molar-refractivity contribution in [2.45, 2.75) is 13.8 Å². The molecule has 3 rings (SSSR count). The van der Waals surface area contributed by atoms with Crippen LogP contribution in [0, 0.1) is 13.8 Å². The summed E-state index contributed by atoms with van der Waals surface area (Å²) in [6.07, 6.45) is 1.66. The SMILES string of the molecule is Cc1nnc(-c2cc3c(C)nccc3[nH]c2=O)o1. The molecule has 0 aliphatic heterocycles. The van der Waals surface area contributed by atoms with Crippen LogP contribution in [0.5, 0.6) is 0 Å². The number of aryl methyl sites for hydroxylation is 2. The fourth-order valence-electron chi connectivity index (χ4n) is 1.83. The molecule has 0 fully saturated rings. The van der Waals surface area contributed by atoms with Crippen LogP contribution in [-0.4, -0.2) is 20.2 Å². The lowest BCUT2D eigenvalue weighted by atomic mass is 10.1. The molecule has 3 aromatic heterocycles. The highest BCUT2D eigenvalue weighted by Crippen LogP contribution is 2.19. The van der Waals surface area contributed by atoms with Crippen LogP contribution >= 0.6 is 0 Å². The van der Waals surface area contributed by atoms with Gasteiger partial charge in [0.2, 0.25) is 5.89 Å².